The number of aryl methyl sites for hydroxylation is 1. The molecule has 0 radical (unpaired) electrons. The van der Waals surface area contributed by atoms with Crippen molar-refractivity contribution in [1.29, 1.82) is 0 Å². The highest BCUT2D eigenvalue weighted by Crippen LogP contribution is 2.39. The number of alkyl halides is 3. The Kier molecular flexibility index (Phi) is 7.55. The van der Waals surface area contributed by atoms with Gasteiger partial charge in [0.2, 0.25) is 17.4 Å². The predicted octanol–water partition coefficient (Wildman–Crippen LogP) is 2.97. The van der Waals surface area contributed by atoms with E-state index in [-0.39, 0.29) is 28.9 Å². The van der Waals surface area contributed by atoms with Gasteiger partial charge in [-0.25, -0.2) is 4.39 Å². The second kappa shape index (κ2) is 10.4. The summed E-state index contributed by atoms with van der Waals surface area (Å²) in [4.78, 5) is 40.8. The van der Waals surface area contributed by atoms with Crippen LogP contribution in [0, 0.1) is 17.7 Å². The summed E-state index contributed by atoms with van der Waals surface area (Å²) in [5.74, 6) is -5.96. The number of nitrogens with one attached hydrogen (secondary N) is 2. The second-order valence-corrected chi connectivity index (χ2v) is 10.2. The molecule has 2 amide bonds. The van der Waals surface area contributed by atoms with Crippen LogP contribution in [0.5, 0.6) is 0 Å². The summed E-state index contributed by atoms with van der Waals surface area (Å²) in [6.45, 7) is 4.57. The summed E-state index contributed by atoms with van der Waals surface area (Å²) in [5, 5.41) is 4.96. The number of halogens is 4. The molecule has 4 atom stereocenters. The van der Waals surface area contributed by atoms with Crippen LogP contribution in [0.15, 0.2) is 35.3 Å². The van der Waals surface area contributed by atoms with E-state index in [4.69, 9.17) is 0 Å². The van der Waals surface area contributed by atoms with E-state index in [1.165, 1.54) is 42.1 Å². The average Bonchev–Trinajstić information content (AvgIpc) is 2.84. The molecule has 2 saturated heterocycles. The van der Waals surface area contributed by atoms with Crippen molar-refractivity contribution in [3.63, 3.8) is 0 Å². The lowest BCUT2D eigenvalue weighted by atomic mass is 9.84. The number of amides is 2. The smallest absolute Gasteiger partial charge is 0.367 e. The maximum atomic E-state index is 15.5. The molecule has 206 valence electrons. The van der Waals surface area contributed by atoms with Crippen molar-refractivity contribution in [3.8, 4) is 11.1 Å². The number of carbonyl (C=O) groups is 2. The van der Waals surface area contributed by atoms with Gasteiger partial charge in [-0.05, 0) is 39.1 Å². The Balaban J connectivity index is 1.76. The van der Waals surface area contributed by atoms with Crippen molar-refractivity contribution in [2.24, 2.45) is 18.9 Å². The molecule has 2 fully saturated rings. The van der Waals surface area contributed by atoms with Gasteiger partial charge in [-0.3, -0.25) is 19.3 Å². The van der Waals surface area contributed by atoms with Crippen LogP contribution in [0.2, 0.25) is 0 Å². The van der Waals surface area contributed by atoms with Gasteiger partial charge in [-0.1, -0.05) is 0 Å². The van der Waals surface area contributed by atoms with E-state index in [9.17, 15) is 27.6 Å². The Labute approximate surface area is 217 Å². The molecule has 0 aliphatic carbocycles. The number of carbonyl (C=O) groups excluding carboxylic acids is 2. The summed E-state index contributed by atoms with van der Waals surface area (Å²) in [7, 11) is 3.50. The number of piperidine rings is 1. The van der Waals surface area contributed by atoms with Crippen LogP contribution in [-0.4, -0.2) is 66.2 Å². The normalized spacial score (nSPS) is 24.7. The predicted molar refractivity (Wildman–Crippen MR) is 135 cm³/mol. The summed E-state index contributed by atoms with van der Waals surface area (Å²) >= 11 is 0. The number of aromatic nitrogens is 1. The molecule has 0 bridgehead atoms. The third-order valence-corrected chi connectivity index (χ3v) is 7.61. The van der Waals surface area contributed by atoms with Crippen molar-refractivity contribution in [2.45, 2.75) is 38.5 Å². The number of hydrogen-bond donors (Lipinski definition) is 2. The number of benzene rings is 1. The zero-order valence-electron chi connectivity index (χ0n) is 21.6. The highest BCUT2D eigenvalue weighted by atomic mass is 19.4. The number of anilines is 2. The number of hydrogen-bond acceptors (Lipinski definition) is 5. The molecule has 38 heavy (non-hydrogen) atoms. The standard InChI is InChI=1S/C26H31F4N5O3/c1-14-11-35(12-15(2)34(14)4)22-9-20(27)17(16-5-6-24(37)33(3)13-16)7-21(22)32-25(38)18-10-31-23(36)8-19(18)26(28,29)30/h5-7,9,13-15,18-19H,8,10-12H2,1-4H3,(H,31,36)(H,32,38)/t14-,15+,18?,19?. The Bertz CT molecular complexity index is 1280. The van der Waals surface area contributed by atoms with Crippen LogP contribution in [-0.2, 0) is 16.6 Å². The molecule has 1 aromatic heterocycles. The molecule has 0 saturated carbocycles. The molecule has 2 N–H and O–H groups in total. The fourth-order valence-electron chi connectivity index (χ4n) is 5.13. The lowest BCUT2D eigenvalue weighted by molar-refractivity contribution is -0.197. The van der Waals surface area contributed by atoms with E-state index in [1.807, 2.05) is 25.8 Å². The molecule has 2 aliphatic rings. The SMILES string of the molecule is C[C@@H]1CN(c2cc(F)c(-c3ccc(=O)n(C)c3)cc2NC(=O)C2CNC(=O)CC2C(F)(F)F)C[C@H](C)N1C. The van der Waals surface area contributed by atoms with Gasteiger partial charge in [-0.15, -0.1) is 0 Å². The summed E-state index contributed by atoms with van der Waals surface area (Å²) in [6.07, 6.45) is -4.13. The molecule has 4 rings (SSSR count). The Hall–Kier alpha value is -3.41. The Morgan fingerprint density at radius 3 is 2.34 bits per heavy atom. The first kappa shape index (κ1) is 27.6. The molecule has 2 aliphatic heterocycles. The molecular formula is C26H31F4N5O3. The molecule has 2 aromatic rings. The maximum absolute atomic E-state index is 15.5. The Morgan fingerprint density at radius 2 is 1.74 bits per heavy atom. The lowest BCUT2D eigenvalue weighted by Gasteiger charge is -2.44. The van der Waals surface area contributed by atoms with Gasteiger partial charge in [0.15, 0.2) is 0 Å². The minimum atomic E-state index is -4.74. The van der Waals surface area contributed by atoms with E-state index in [0.717, 1.165) is 0 Å². The third-order valence-electron chi connectivity index (χ3n) is 7.61. The van der Waals surface area contributed by atoms with Gasteiger partial charge >= 0.3 is 6.18 Å². The van der Waals surface area contributed by atoms with E-state index in [0.29, 0.717) is 24.3 Å². The van der Waals surface area contributed by atoms with Crippen molar-refractivity contribution in [3.05, 3.63) is 46.6 Å². The van der Waals surface area contributed by atoms with Crippen LogP contribution in [0.1, 0.15) is 20.3 Å². The maximum Gasteiger partial charge on any atom is 0.393 e. The van der Waals surface area contributed by atoms with Crippen molar-refractivity contribution in [2.75, 3.05) is 36.9 Å². The van der Waals surface area contributed by atoms with E-state index in [2.05, 4.69) is 15.5 Å². The second-order valence-electron chi connectivity index (χ2n) is 10.2. The summed E-state index contributed by atoms with van der Waals surface area (Å²) < 4.78 is 57.9. The molecule has 3 heterocycles. The van der Waals surface area contributed by atoms with E-state index < -0.39 is 48.6 Å². The first-order valence-electron chi connectivity index (χ1n) is 12.4. The first-order valence-corrected chi connectivity index (χ1v) is 12.4. The zero-order valence-corrected chi connectivity index (χ0v) is 21.6. The molecule has 2 unspecified atom stereocenters. The molecule has 12 heteroatoms. The number of likely N-dealkylation sites (N-methyl/N-ethyl adjacent to an activating group) is 1. The largest absolute Gasteiger partial charge is 0.393 e. The highest BCUT2D eigenvalue weighted by Gasteiger charge is 2.50. The number of piperazine rings is 1. The van der Waals surface area contributed by atoms with Gasteiger partial charge in [0.1, 0.15) is 5.82 Å². The first-order chi connectivity index (χ1) is 17.8. The van der Waals surface area contributed by atoms with Gasteiger partial charge in [-0.2, -0.15) is 13.2 Å². The van der Waals surface area contributed by atoms with Gasteiger partial charge < -0.3 is 20.1 Å². The van der Waals surface area contributed by atoms with Crippen molar-refractivity contribution in [1.82, 2.24) is 14.8 Å². The third kappa shape index (κ3) is 5.54. The van der Waals surface area contributed by atoms with Crippen LogP contribution in [0.4, 0.5) is 28.9 Å². The van der Waals surface area contributed by atoms with Crippen molar-refractivity contribution >= 4 is 23.2 Å². The quantitative estimate of drug-likeness (QED) is 0.586. The fourth-order valence-corrected chi connectivity index (χ4v) is 5.13. The Morgan fingerprint density at radius 1 is 1.08 bits per heavy atom. The van der Waals surface area contributed by atoms with Gasteiger partial charge in [0.25, 0.3) is 0 Å². The molecule has 1 aromatic carbocycles. The minimum absolute atomic E-state index is 0.0826. The average molecular weight is 538 g/mol. The topological polar surface area (TPSA) is 86.7 Å². The van der Waals surface area contributed by atoms with E-state index in [1.54, 1.807) is 0 Å². The number of pyridine rings is 1. The van der Waals surface area contributed by atoms with Crippen molar-refractivity contribution < 1.29 is 27.2 Å². The van der Waals surface area contributed by atoms with Gasteiger partial charge in [0, 0.05) is 68.6 Å². The molecule has 0 spiro atoms. The van der Waals surface area contributed by atoms with Crippen LogP contribution in [0.25, 0.3) is 11.1 Å². The fraction of sp³-hybridized carbons (Fsp3) is 0.500. The number of nitrogens with zero attached hydrogens (tertiary/aromatic N) is 3. The minimum Gasteiger partial charge on any atom is -0.367 e. The zero-order chi connectivity index (χ0) is 27.9. The van der Waals surface area contributed by atoms with Crippen LogP contribution >= 0.6 is 0 Å². The molecular weight excluding hydrogens is 506 g/mol. The van der Waals surface area contributed by atoms with Gasteiger partial charge in [0.05, 0.1) is 23.2 Å². The number of rotatable bonds is 4. The monoisotopic (exact) mass is 537 g/mol. The lowest BCUT2D eigenvalue weighted by Crippen LogP contribution is -2.55. The summed E-state index contributed by atoms with van der Waals surface area (Å²) in [5.41, 5.74) is 0.656. The summed E-state index contributed by atoms with van der Waals surface area (Å²) in [6, 6.07) is 5.57. The molecule has 8 nitrogen and oxygen atoms in total. The van der Waals surface area contributed by atoms with Crippen LogP contribution in [0.3, 0.4) is 0 Å². The highest BCUT2D eigenvalue weighted by molar-refractivity contribution is 5.98. The van der Waals surface area contributed by atoms with E-state index >= 15 is 4.39 Å². The van der Waals surface area contributed by atoms with Crippen LogP contribution < -0.4 is 21.1 Å².